The Balaban J connectivity index is 0.00000162. The summed E-state index contributed by atoms with van der Waals surface area (Å²) in [5.74, 6) is 0.644. The van der Waals surface area contributed by atoms with Gasteiger partial charge in [0.1, 0.15) is 0 Å². The van der Waals surface area contributed by atoms with Gasteiger partial charge in [0.25, 0.3) is 0 Å². The van der Waals surface area contributed by atoms with Gasteiger partial charge in [-0.25, -0.2) is 0 Å². The first-order chi connectivity index (χ1) is 8.14. The molecule has 2 aliphatic heterocycles. The van der Waals surface area contributed by atoms with Crippen LogP contribution < -0.4 is 5.32 Å². The molecule has 0 bridgehead atoms. The zero-order valence-electron chi connectivity index (χ0n) is 11.7. The molecule has 0 radical (unpaired) electrons. The summed E-state index contributed by atoms with van der Waals surface area (Å²) in [5, 5.41) is 3.33. The Morgan fingerprint density at radius 3 is 2.56 bits per heavy atom. The fourth-order valence-corrected chi connectivity index (χ4v) is 2.94. The molecule has 0 aliphatic carbocycles. The summed E-state index contributed by atoms with van der Waals surface area (Å²) in [6.45, 7) is 8.54. The van der Waals surface area contributed by atoms with E-state index in [4.69, 9.17) is 0 Å². The van der Waals surface area contributed by atoms with Crippen LogP contribution in [0.3, 0.4) is 0 Å². The van der Waals surface area contributed by atoms with Crippen molar-refractivity contribution in [3.8, 4) is 0 Å². The largest absolute Gasteiger partial charge is 0.342 e. The summed E-state index contributed by atoms with van der Waals surface area (Å²) in [6, 6.07) is 0. The molecule has 0 aromatic heterocycles. The monoisotopic (exact) mass is 274 g/mol. The first-order valence-electron chi connectivity index (χ1n) is 7.14. The second-order valence-electron chi connectivity index (χ2n) is 6.03. The molecule has 2 fully saturated rings. The number of nitrogens with zero attached hydrogens (tertiary/aromatic N) is 1. The van der Waals surface area contributed by atoms with Crippen molar-refractivity contribution in [2.45, 2.75) is 46.0 Å². The molecule has 3 nitrogen and oxygen atoms in total. The zero-order valence-corrected chi connectivity index (χ0v) is 12.5. The maximum Gasteiger partial charge on any atom is 0.226 e. The summed E-state index contributed by atoms with van der Waals surface area (Å²) in [6.07, 6.45) is 5.81. The smallest absolute Gasteiger partial charge is 0.226 e. The van der Waals surface area contributed by atoms with E-state index in [1.807, 2.05) is 0 Å². The van der Waals surface area contributed by atoms with Gasteiger partial charge < -0.3 is 10.2 Å². The van der Waals surface area contributed by atoms with Crippen LogP contribution in [-0.2, 0) is 4.79 Å². The summed E-state index contributed by atoms with van der Waals surface area (Å²) in [7, 11) is 0. The van der Waals surface area contributed by atoms with Crippen LogP contribution in [0.1, 0.15) is 46.0 Å². The van der Waals surface area contributed by atoms with Crippen LogP contribution in [0.25, 0.3) is 0 Å². The first kappa shape index (κ1) is 15.8. The Bertz CT molecular complexity index is 269. The summed E-state index contributed by atoms with van der Waals surface area (Å²) >= 11 is 0. The third-order valence-electron chi connectivity index (χ3n) is 4.78. The van der Waals surface area contributed by atoms with E-state index in [0.717, 1.165) is 39.0 Å². The van der Waals surface area contributed by atoms with Gasteiger partial charge in [-0.15, -0.1) is 12.4 Å². The van der Waals surface area contributed by atoms with Crippen LogP contribution in [-0.4, -0.2) is 37.0 Å². The highest BCUT2D eigenvalue weighted by Crippen LogP contribution is 2.34. The number of likely N-dealkylation sites (tertiary alicyclic amines) is 1. The van der Waals surface area contributed by atoms with E-state index >= 15 is 0 Å². The lowest BCUT2D eigenvalue weighted by molar-refractivity contribution is -0.138. The normalized spacial score (nSPS) is 27.4. The molecule has 0 saturated carbocycles. The van der Waals surface area contributed by atoms with Crippen molar-refractivity contribution in [2.24, 2.45) is 11.3 Å². The van der Waals surface area contributed by atoms with Gasteiger partial charge in [0.05, 0.1) is 5.92 Å². The number of piperidine rings is 2. The maximum absolute atomic E-state index is 12.3. The molecule has 1 amide bonds. The van der Waals surface area contributed by atoms with E-state index in [1.54, 1.807) is 0 Å². The Labute approximate surface area is 117 Å². The average molecular weight is 275 g/mol. The topological polar surface area (TPSA) is 32.3 Å². The third kappa shape index (κ3) is 3.61. The lowest BCUT2D eigenvalue weighted by Gasteiger charge is -2.40. The van der Waals surface area contributed by atoms with Gasteiger partial charge in [0.15, 0.2) is 0 Å². The predicted octanol–water partition coefficient (Wildman–Crippen LogP) is 2.45. The molecular weight excluding hydrogens is 248 g/mol. The van der Waals surface area contributed by atoms with Gasteiger partial charge in [0, 0.05) is 19.6 Å². The lowest BCUT2D eigenvalue weighted by Crippen LogP contribution is -2.47. The van der Waals surface area contributed by atoms with Gasteiger partial charge in [-0.1, -0.05) is 20.3 Å². The number of hydrogen-bond acceptors (Lipinski definition) is 2. The molecule has 0 aromatic carbocycles. The van der Waals surface area contributed by atoms with Gasteiger partial charge in [-0.3, -0.25) is 4.79 Å². The summed E-state index contributed by atoms with van der Waals surface area (Å²) in [4.78, 5) is 14.4. The van der Waals surface area contributed by atoms with Gasteiger partial charge >= 0.3 is 0 Å². The lowest BCUT2D eigenvalue weighted by atomic mass is 9.78. The van der Waals surface area contributed by atoms with E-state index in [1.165, 1.54) is 19.3 Å². The Hall–Kier alpha value is -0.280. The van der Waals surface area contributed by atoms with E-state index < -0.39 is 0 Å². The van der Waals surface area contributed by atoms with Crippen molar-refractivity contribution in [2.75, 3.05) is 26.2 Å². The maximum atomic E-state index is 12.3. The van der Waals surface area contributed by atoms with Crippen molar-refractivity contribution in [1.29, 1.82) is 0 Å². The number of carbonyl (C=O) groups excluding carboxylic acids is 1. The fourth-order valence-electron chi connectivity index (χ4n) is 2.94. The molecule has 2 rings (SSSR count). The third-order valence-corrected chi connectivity index (χ3v) is 4.78. The average Bonchev–Trinajstić information content (AvgIpc) is 2.40. The molecule has 0 aromatic rings. The van der Waals surface area contributed by atoms with E-state index in [0.29, 0.717) is 11.3 Å². The quantitative estimate of drug-likeness (QED) is 0.839. The molecule has 2 heterocycles. The van der Waals surface area contributed by atoms with E-state index in [-0.39, 0.29) is 18.3 Å². The molecule has 106 valence electrons. The number of rotatable bonds is 2. The van der Waals surface area contributed by atoms with Crippen LogP contribution in [0.2, 0.25) is 0 Å². The fraction of sp³-hybridized carbons (Fsp3) is 0.929. The van der Waals surface area contributed by atoms with Crippen molar-refractivity contribution in [3.63, 3.8) is 0 Å². The van der Waals surface area contributed by atoms with Gasteiger partial charge in [-0.2, -0.15) is 0 Å². The number of nitrogens with one attached hydrogen (secondary N) is 1. The minimum atomic E-state index is 0. The van der Waals surface area contributed by atoms with E-state index in [2.05, 4.69) is 24.1 Å². The summed E-state index contributed by atoms with van der Waals surface area (Å²) < 4.78 is 0. The highest BCUT2D eigenvalue weighted by molar-refractivity contribution is 5.85. The number of hydrogen-bond donors (Lipinski definition) is 1. The molecule has 0 unspecified atom stereocenters. The Kier molecular flexibility index (Phi) is 5.93. The summed E-state index contributed by atoms with van der Waals surface area (Å²) in [5.41, 5.74) is 0.474. The SMILES string of the molecule is CCC1(C)CCN(C(=O)[C@@H]2CCCNC2)CC1.Cl. The molecule has 2 aliphatic rings. The molecule has 4 heteroatoms. The Morgan fingerprint density at radius 2 is 2.06 bits per heavy atom. The minimum Gasteiger partial charge on any atom is -0.342 e. The number of amides is 1. The predicted molar refractivity (Wildman–Crippen MR) is 77.1 cm³/mol. The second kappa shape index (κ2) is 6.76. The second-order valence-corrected chi connectivity index (χ2v) is 6.03. The molecule has 0 spiro atoms. The first-order valence-corrected chi connectivity index (χ1v) is 7.14. The van der Waals surface area contributed by atoms with Gasteiger partial charge in [-0.05, 0) is 37.6 Å². The van der Waals surface area contributed by atoms with Crippen LogP contribution in [0, 0.1) is 11.3 Å². The van der Waals surface area contributed by atoms with Crippen LogP contribution in [0.15, 0.2) is 0 Å². The van der Waals surface area contributed by atoms with Crippen molar-refractivity contribution >= 4 is 18.3 Å². The van der Waals surface area contributed by atoms with Crippen LogP contribution in [0.5, 0.6) is 0 Å². The molecule has 1 N–H and O–H groups in total. The van der Waals surface area contributed by atoms with Crippen LogP contribution in [0.4, 0.5) is 0 Å². The van der Waals surface area contributed by atoms with Crippen molar-refractivity contribution in [3.05, 3.63) is 0 Å². The highest BCUT2D eigenvalue weighted by atomic mass is 35.5. The minimum absolute atomic E-state index is 0. The molecule has 2 saturated heterocycles. The highest BCUT2D eigenvalue weighted by Gasteiger charge is 2.33. The van der Waals surface area contributed by atoms with E-state index in [9.17, 15) is 4.79 Å². The van der Waals surface area contributed by atoms with Gasteiger partial charge in [0.2, 0.25) is 5.91 Å². The Morgan fingerprint density at radius 1 is 1.39 bits per heavy atom. The standard InChI is InChI=1S/C14H26N2O.ClH/c1-3-14(2)6-9-16(10-7-14)13(17)12-5-4-8-15-11-12;/h12,15H,3-11H2,1-2H3;1H/t12-;/m1./s1. The van der Waals surface area contributed by atoms with Crippen molar-refractivity contribution in [1.82, 2.24) is 10.2 Å². The molecular formula is C14H27ClN2O. The zero-order chi connectivity index (χ0) is 12.3. The van der Waals surface area contributed by atoms with Crippen molar-refractivity contribution < 1.29 is 4.79 Å². The number of halogens is 1. The number of carbonyl (C=O) groups is 1. The molecule has 18 heavy (non-hydrogen) atoms. The van der Waals surface area contributed by atoms with Crippen LogP contribution >= 0.6 is 12.4 Å². The molecule has 1 atom stereocenters.